The Morgan fingerprint density at radius 2 is 2.07 bits per heavy atom. The summed E-state index contributed by atoms with van der Waals surface area (Å²) in [5.41, 5.74) is -1.54. The van der Waals surface area contributed by atoms with E-state index < -0.39 is 34.6 Å². The van der Waals surface area contributed by atoms with Crippen LogP contribution in [-0.4, -0.2) is 44.3 Å². The first-order chi connectivity index (χ1) is 12.8. The van der Waals surface area contributed by atoms with Gasteiger partial charge >= 0.3 is 17.2 Å². The lowest BCUT2D eigenvalue weighted by Gasteiger charge is -2.11. The fraction of sp³-hybridized carbons (Fsp3) is 0.188. The highest BCUT2D eigenvalue weighted by atomic mass is 16.6. The minimum Gasteiger partial charge on any atom is -0.490 e. The van der Waals surface area contributed by atoms with Crippen molar-refractivity contribution in [2.75, 3.05) is 13.2 Å². The highest BCUT2D eigenvalue weighted by molar-refractivity contribution is 5.70. The molecule has 11 heteroatoms. The number of nitro groups is 1. The van der Waals surface area contributed by atoms with E-state index in [4.69, 9.17) is 14.6 Å². The van der Waals surface area contributed by atoms with Gasteiger partial charge in [-0.15, -0.1) is 0 Å². The van der Waals surface area contributed by atoms with Gasteiger partial charge in [-0.3, -0.25) is 14.9 Å². The van der Waals surface area contributed by atoms with Crippen molar-refractivity contribution in [2.45, 2.75) is 6.92 Å². The lowest BCUT2D eigenvalue weighted by Crippen LogP contribution is -2.14. The highest BCUT2D eigenvalue weighted by Gasteiger charge is 2.21. The van der Waals surface area contributed by atoms with Crippen molar-refractivity contribution in [1.82, 2.24) is 9.97 Å². The predicted octanol–water partition coefficient (Wildman–Crippen LogP) is 1.42. The van der Waals surface area contributed by atoms with E-state index in [9.17, 15) is 24.8 Å². The minimum atomic E-state index is -1.13. The van der Waals surface area contributed by atoms with E-state index in [0.717, 1.165) is 0 Å². The molecule has 0 aliphatic rings. The maximum atomic E-state index is 11.6. The van der Waals surface area contributed by atoms with Crippen LogP contribution in [0.25, 0.3) is 12.2 Å². The van der Waals surface area contributed by atoms with Crippen LogP contribution in [0.2, 0.25) is 0 Å². The predicted molar refractivity (Wildman–Crippen MR) is 92.8 cm³/mol. The molecule has 0 saturated heterocycles. The topological polar surface area (TPSA) is 165 Å². The van der Waals surface area contributed by atoms with E-state index >= 15 is 0 Å². The number of carbonyl (C=O) groups is 1. The van der Waals surface area contributed by atoms with Gasteiger partial charge in [-0.1, -0.05) is 12.1 Å². The summed E-state index contributed by atoms with van der Waals surface area (Å²) in [4.78, 5) is 37.6. The summed E-state index contributed by atoms with van der Waals surface area (Å²) in [6, 6.07) is 4.68. The van der Waals surface area contributed by atoms with Gasteiger partial charge < -0.3 is 24.7 Å². The minimum absolute atomic E-state index is 0.0905. The number of carboxylic acids is 1. The maximum absolute atomic E-state index is 11.6. The molecule has 0 radical (unpaired) electrons. The molecule has 3 N–H and O–H groups in total. The largest absolute Gasteiger partial charge is 0.490 e. The smallest absolute Gasteiger partial charge is 0.395 e. The van der Waals surface area contributed by atoms with Gasteiger partial charge in [0.25, 0.3) is 5.88 Å². The van der Waals surface area contributed by atoms with E-state index in [-0.39, 0.29) is 11.6 Å². The summed E-state index contributed by atoms with van der Waals surface area (Å²) in [6.45, 7) is 1.54. The molecule has 2 rings (SSSR count). The standard InChI is InChI=1S/C16H15N3O8/c1-2-26-11-7-9(3-5-10(11)27-8-13(20)21)4-6-12-17-15(22)14(19(24)25)16(23)18-12/h3-7H,2,8H2,1H3,(H,20,21)(H2,17,18,22,23)/b6-4-. The first-order valence-corrected chi connectivity index (χ1v) is 7.59. The Balaban J connectivity index is 2.28. The number of rotatable bonds is 8. The zero-order valence-corrected chi connectivity index (χ0v) is 14.0. The van der Waals surface area contributed by atoms with Gasteiger partial charge in [0.1, 0.15) is 5.82 Å². The third-order valence-corrected chi connectivity index (χ3v) is 3.13. The molecule has 0 spiro atoms. The van der Waals surface area contributed by atoms with Gasteiger partial charge in [0.2, 0.25) is 0 Å². The SMILES string of the molecule is CCOc1cc(/C=C\c2nc(O)c([N+](=O)[O-])c(=O)[nH]2)ccc1OCC(=O)O. The van der Waals surface area contributed by atoms with Crippen molar-refractivity contribution in [3.8, 4) is 17.4 Å². The molecule has 0 atom stereocenters. The summed E-state index contributed by atoms with van der Waals surface area (Å²) in [6.07, 6.45) is 2.83. The fourth-order valence-corrected chi connectivity index (χ4v) is 2.05. The molecule has 2 aromatic rings. The zero-order valence-electron chi connectivity index (χ0n) is 14.0. The third kappa shape index (κ3) is 5.04. The van der Waals surface area contributed by atoms with E-state index in [1.807, 2.05) is 0 Å². The Kier molecular flexibility index (Phi) is 6.10. The van der Waals surface area contributed by atoms with Crippen molar-refractivity contribution in [2.24, 2.45) is 0 Å². The Morgan fingerprint density at radius 3 is 2.67 bits per heavy atom. The Hall–Kier alpha value is -3.89. The first kappa shape index (κ1) is 19.4. The van der Waals surface area contributed by atoms with Crippen molar-refractivity contribution in [1.29, 1.82) is 0 Å². The van der Waals surface area contributed by atoms with Crippen molar-refractivity contribution in [3.05, 3.63) is 50.1 Å². The number of ether oxygens (including phenoxy) is 2. The van der Waals surface area contributed by atoms with Crippen LogP contribution in [0.4, 0.5) is 5.69 Å². The summed E-state index contributed by atoms with van der Waals surface area (Å²) in [5.74, 6) is -1.65. The van der Waals surface area contributed by atoms with Crippen LogP contribution in [0.1, 0.15) is 18.3 Å². The quantitative estimate of drug-likeness (QED) is 0.455. The van der Waals surface area contributed by atoms with E-state index in [2.05, 4.69) is 9.97 Å². The number of H-pyrrole nitrogens is 1. The van der Waals surface area contributed by atoms with Crippen LogP contribution in [0.15, 0.2) is 23.0 Å². The normalized spacial score (nSPS) is 10.7. The average molecular weight is 377 g/mol. The van der Waals surface area contributed by atoms with Crippen LogP contribution >= 0.6 is 0 Å². The number of hydrogen-bond acceptors (Lipinski definition) is 8. The lowest BCUT2D eigenvalue weighted by molar-refractivity contribution is -0.387. The Morgan fingerprint density at radius 1 is 1.33 bits per heavy atom. The molecular formula is C16H15N3O8. The van der Waals surface area contributed by atoms with E-state index in [1.54, 1.807) is 19.1 Å². The highest BCUT2D eigenvalue weighted by Crippen LogP contribution is 2.29. The van der Waals surface area contributed by atoms with Gasteiger partial charge in [0.05, 0.1) is 11.5 Å². The lowest BCUT2D eigenvalue weighted by atomic mass is 10.2. The molecule has 0 bridgehead atoms. The number of aromatic amines is 1. The molecule has 0 amide bonds. The summed E-state index contributed by atoms with van der Waals surface area (Å²) < 4.78 is 10.5. The van der Waals surface area contributed by atoms with Crippen LogP contribution < -0.4 is 15.0 Å². The molecule has 142 valence electrons. The number of nitrogens with one attached hydrogen (secondary N) is 1. The molecule has 1 aromatic carbocycles. The second-order valence-corrected chi connectivity index (χ2v) is 5.04. The van der Waals surface area contributed by atoms with Gasteiger partial charge in [-0.2, -0.15) is 4.98 Å². The van der Waals surface area contributed by atoms with E-state index in [1.165, 1.54) is 18.2 Å². The Labute approximate surface area is 151 Å². The Bertz CT molecular complexity index is 951. The van der Waals surface area contributed by atoms with Crippen LogP contribution in [0.5, 0.6) is 17.4 Å². The van der Waals surface area contributed by atoms with Gasteiger partial charge in [-0.25, -0.2) is 4.79 Å². The summed E-state index contributed by atoms with van der Waals surface area (Å²) in [7, 11) is 0. The third-order valence-electron chi connectivity index (χ3n) is 3.13. The molecule has 1 heterocycles. The van der Waals surface area contributed by atoms with Gasteiger partial charge in [0, 0.05) is 0 Å². The first-order valence-electron chi connectivity index (χ1n) is 7.59. The van der Waals surface area contributed by atoms with Gasteiger partial charge in [-0.05, 0) is 30.7 Å². The maximum Gasteiger partial charge on any atom is 0.395 e. The van der Waals surface area contributed by atoms with Crippen molar-refractivity contribution < 1.29 is 29.4 Å². The monoisotopic (exact) mass is 377 g/mol. The number of nitrogens with zero attached hydrogens (tertiary/aromatic N) is 2. The van der Waals surface area contributed by atoms with Crippen LogP contribution in [0.3, 0.4) is 0 Å². The zero-order chi connectivity index (χ0) is 20.0. The molecule has 1 aromatic heterocycles. The molecule has 0 fully saturated rings. The number of carboxylic acid groups (broad SMARTS) is 1. The average Bonchev–Trinajstić information content (AvgIpc) is 2.58. The molecule has 0 aliphatic heterocycles. The number of benzene rings is 1. The molecule has 11 nitrogen and oxygen atoms in total. The van der Waals surface area contributed by atoms with Crippen molar-refractivity contribution in [3.63, 3.8) is 0 Å². The molecular weight excluding hydrogens is 362 g/mol. The summed E-state index contributed by atoms with van der Waals surface area (Å²) in [5, 5.41) is 28.9. The van der Waals surface area contributed by atoms with Crippen molar-refractivity contribution >= 4 is 23.8 Å². The number of aliphatic carboxylic acids is 1. The molecule has 0 aliphatic carbocycles. The summed E-state index contributed by atoms with van der Waals surface area (Å²) >= 11 is 0. The second-order valence-electron chi connectivity index (χ2n) is 5.04. The number of aromatic nitrogens is 2. The fourth-order valence-electron chi connectivity index (χ4n) is 2.05. The molecule has 0 unspecified atom stereocenters. The second kappa shape index (κ2) is 8.47. The van der Waals surface area contributed by atoms with Crippen LogP contribution in [0, 0.1) is 10.1 Å². The van der Waals surface area contributed by atoms with Crippen LogP contribution in [-0.2, 0) is 4.79 Å². The van der Waals surface area contributed by atoms with Gasteiger partial charge in [0.15, 0.2) is 18.1 Å². The number of hydrogen-bond donors (Lipinski definition) is 3. The number of aromatic hydroxyl groups is 1. The molecule has 0 saturated carbocycles. The molecule has 27 heavy (non-hydrogen) atoms. The van der Waals surface area contributed by atoms with E-state index in [0.29, 0.717) is 17.9 Å².